The molecule has 1 aliphatic rings. The molecule has 4 nitrogen and oxygen atoms in total. The van der Waals surface area contributed by atoms with E-state index in [1.54, 1.807) is 11.3 Å². The number of nitrogens with zero attached hydrogens (tertiary/aromatic N) is 1. The van der Waals surface area contributed by atoms with Crippen molar-refractivity contribution in [3.63, 3.8) is 0 Å². The van der Waals surface area contributed by atoms with Crippen LogP contribution in [0.4, 0.5) is 5.69 Å². The molecule has 1 aromatic heterocycles. The van der Waals surface area contributed by atoms with Gasteiger partial charge in [-0.2, -0.15) is 0 Å². The van der Waals surface area contributed by atoms with Crippen LogP contribution in [-0.4, -0.2) is 23.3 Å². The number of anilines is 1. The Morgan fingerprint density at radius 1 is 0.882 bits per heavy atom. The first-order chi connectivity index (χ1) is 16.6. The number of carbonyl (C=O) groups excluding carboxylic acids is 2. The lowest BCUT2D eigenvalue weighted by Crippen LogP contribution is -2.35. The Bertz CT molecular complexity index is 1270. The summed E-state index contributed by atoms with van der Waals surface area (Å²) in [7, 11) is 0. The molecule has 1 aliphatic heterocycles. The highest BCUT2D eigenvalue weighted by atomic mass is 32.1. The van der Waals surface area contributed by atoms with Gasteiger partial charge in [0.25, 0.3) is 5.91 Å². The van der Waals surface area contributed by atoms with Crippen molar-refractivity contribution in [2.75, 3.05) is 11.9 Å². The van der Waals surface area contributed by atoms with Crippen LogP contribution < -0.4 is 5.32 Å². The predicted octanol–water partition coefficient (Wildman–Crippen LogP) is 6.03. The lowest BCUT2D eigenvalue weighted by atomic mass is 9.90. The van der Waals surface area contributed by atoms with E-state index in [1.807, 2.05) is 90.7 Å². The first-order valence-corrected chi connectivity index (χ1v) is 12.3. The summed E-state index contributed by atoms with van der Waals surface area (Å²) >= 11 is 1.76. The van der Waals surface area contributed by atoms with Gasteiger partial charge in [-0.3, -0.25) is 9.59 Å². The van der Waals surface area contributed by atoms with Crippen LogP contribution in [0.5, 0.6) is 0 Å². The average molecular weight is 467 g/mol. The quantitative estimate of drug-likeness (QED) is 0.391. The smallest absolute Gasteiger partial charge is 0.254 e. The maximum Gasteiger partial charge on any atom is 0.254 e. The van der Waals surface area contributed by atoms with Crippen LogP contribution in [0.3, 0.4) is 0 Å². The Hall–Kier alpha value is -3.70. The van der Waals surface area contributed by atoms with E-state index in [4.69, 9.17) is 0 Å². The zero-order valence-corrected chi connectivity index (χ0v) is 19.8. The number of fused-ring (bicyclic) bond motifs is 1. The zero-order valence-electron chi connectivity index (χ0n) is 19.0. The van der Waals surface area contributed by atoms with Gasteiger partial charge in [-0.25, -0.2) is 0 Å². The van der Waals surface area contributed by atoms with E-state index in [1.165, 1.54) is 10.4 Å². The van der Waals surface area contributed by atoms with E-state index >= 15 is 0 Å². The third kappa shape index (κ3) is 4.39. The van der Waals surface area contributed by atoms with Crippen molar-refractivity contribution in [3.8, 4) is 0 Å². The van der Waals surface area contributed by atoms with Crippen molar-refractivity contribution in [2.45, 2.75) is 25.8 Å². The second-order valence-corrected chi connectivity index (χ2v) is 9.57. The van der Waals surface area contributed by atoms with Crippen LogP contribution >= 0.6 is 11.3 Å². The van der Waals surface area contributed by atoms with Gasteiger partial charge < -0.3 is 10.2 Å². The van der Waals surface area contributed by atoms with Crippen molar-refractivity contribution in [3.05, 3.63) is 123 Å². The Balaban J connectivity index is 1.41. The van der Waals surface area contributed by atoms with E-state index in [2.05, 4.69) is 16.8 Å². The lowest BCUT2D eigenvalue weighted by molar-refractivity contribution is -0.116. The molecule has 0 fully saturated rings. The van der Waals surface area contributed by atoms with Crippen molar-refractivity contribution >= 4 is 28.8 Å². The summed E-state index contributed by atoms with van der Waals surface area (Å²) in [6, 6.07) is 27.2. The third-order valence-corrected chi connectivity index (χ3v) is 7.47. The van der Waals surface area contributed by atoms with Crippen LogP contribution in [-0.2, 0) is 17.8 Å². The number of rotatable bonds is 5. The fourth-order valence-electron chi connectivity index (χ4n) is 4.59. The molecule has 5 rings (SSSR count). The van der Waals surface area contributed by atoms with Crippen molar-refractivity contribution in [1.82, 2.24) is 4.90 Å². The zero-order chi connectivity index (χ0) is 23.5. The van der Waals surface area contributed by atoms with Gasteiger partial charge in [0.2, 0.25) is 5.91 Å². The summed E-state index contributed by atoms with van der Waals surface area (Å²) in [5.41, 5.74) is 5.18. The molecule has 5 heteroatoms. The van der Waals surface area contributed by atoms with Gasteiger partial charge in [0.15, 0.2) is 0 Å². The molecule has 2 amide bonds. The third-order valence-electron chi connectivity index (χ3n) is 6.44. The molecule has 1 N–H and O–H groups in total. The number of nitrogens with one attached hydrogen (secondary N) is 1. The molecule has 4 aromatic rings. The standard InChI is InChI=1S/C29H26N2O2S/c1-20-24(29(33)31-17-15-26-23(19-31)16-18-34-26)13-8-14-25(20)30-28(32)27(21-9-4-2-5-10-21)22-11-6-3-7-12-22/h2-14,16,18,27H,15,17,19H2,1H3,(H,30,32). The molecule has 3 aromatic carbocycles. The summed E-state index contributed by atoms with van der Waals surface area (Å²) in [5, 5.41) is 5.20. The minimum atomic E-state index is -0.444. The van der Waals surface area contributed by atoms with Gasteiger partial charge in [0.05, 0.1) is 5.92 Å². The van der Waals surface area contributed by atoms with Crippen molar-refractivity contribution < 1.29 is 9.59 Å². The molecule has 34 heavy (non-hydrogen) atoms. The van der Waals surface area contributed by atoms with Crippen molar-refractivity contribution in [2.24, 2.45) is 0 Å². The molecule has 0 spiro atoms. The van der Waals surface area contributed by atoms with E-state index < -0.39 is 5.92 Å². The fraction of sp³-hybridized carbons (Fsp3) is 0.172. The Kier molecular flexibility index (Phi) is 6.28. The minimum absolute atomic E-state index is 0.00752. The van der Waals surface area contributed by atoms with Crippen LogP contribution in [0.25, 0.3) is 0 Å². The number of hydrogen-bond donors (Lipinski definition) is 1. The first kappa shape index (κ1) is 22.1. The van der Waals surface area contributed by atoms with Crippen LogP contribution in [0.15, 0.2) is 90.3 Å². The summed E-state index contributed by atoms with van der Waals surface area (Å²) in [6.07, 6.45) is 0.893. The van der Waals surface area contributed by atoms with E-state index in [9.17, 15) is 9.59 Å². The fourth-order valence-corrected chi connectivity index (χ4v) is 5.48. The van der Waals surface area contributed by atoms with Crippen molar-refractivity contribution in [1.29, 1.82) is 0 Å². The summed E-state index contributed by atoms with van der Waals surface area (Å²) in [5.74, 6) is -0.556. The molecule has 0 unspecified atom stereocenters. The highest BCUT2D eigenvalue weighted by Gasteiger charge is 2.26. The van der Waals surface area contributed by atoms with Crippen LogP contribution in [0.1, 0.15) is 43.4 Å². The van der Waals surface area contributed by atoms with Gasteiger partial charge in [0, 0.05) is 29.2 Å². The maximum absolute atomic E-state index is 13.6. The van der Waals surface area contributed by atoms with Crippen LogP contribution in [0.2, 0.25) is 0 Å². The molecule has 0 aliphatic carbocycles. The SMILES string of the molecule is Cc1c(NC(=O)C(c2ccccc2)c2ccccc2)cccc1C(=O)N1CCc2sccc2C1. The molecule has 0 saturated heterocycles. The van der Waals surface area contributed by atoms with Gasteiger partial charge in [-0.05, 0) is 59.2 Å². The summed E-state index contributed by atoms with van der Waals surface area (Å²) < 4.78 is 0. The molecule has 0 bridgehead atoms. The molecule has 170 valence electrons. The summed E-state index contributed by atoms with van der Waals surface area (Å²) in [6.45, 7) is 3.26. The first-order valence-electron chi connectivity index (χ1n) is 11.5. The monoisotopic (exact) mass is 466 g/mol. The van der Waals surface area contributed by atoms with Gasteiger partial charge in [0.1, 0.15) is 0 Å². The second-order valence-electron chi connectivity index (χ2n) is 8.57. The number of amides is 2. The molecule has 0 atom stereocenters. The number of hydrogen-bond acceptors (Lipinski definition) is 3. The predicted molar refractivity (Wildman–Crippen MR) is 137 cm³/mol. The second kappa shape index (κ2) is 9.65. The van der Waals surface area contributed by atoms with Crippen LogP contribution in [0, 0.1) is 6.92 Å². The molecule has 0 radical (unpaired) electrons. The number of thiophene rings is 1. The van der Waals surface area contributed by atoms with Gasteiger partial charge in [-0.1, -0.05) is 66.7 Å². The number of benzene rings is 3. The molecule has 0 saturated carbocycles. The van der Waals surface area contributed by atoms with E-state index in [-0.39, 0.29) is 11.8 Å². The lowest BCUT2D eigenvalue weighted by Gasteiger charge is -2.28. The summed E-state index contributed by atoms with van der Waals surface area (Å²) in [4.78, 5) is 30.2. The maximum atomic E-state index is 13.6. The van der Waals surface area contributed by atoms with E-state index in [0.717, 1.165) is 23.1 Å². The Morgan fingerprint density at radius 2 is 1.56 bits per heavy atom. The highest BCUT2D eigenvalue weighted by Crippen LogP contribution is 2.29. The Morgan fingerprint density at radius 3 is 2.24 bits per heavy atom. The molecule has 2 heterocycles. The van der Waals surface area contributed by atoms with Gasteiger partial charge in [-0.15, -0.1) is 11.3 Å². The normalized spacial score (nSPS) is 12.9. The minimum Gasteiger partial charge on any atom is -0.334 e. The topological polar surface area (TPSA) is 49.4 Å². The molecular formula is C29H26N2O2S. The Labute approximate surface area is 203 Å². The molecular weight excluding hydrogens is 440 g/mol. The highest BCUT2D eigenvalue weighted by molar-refractivity contribution is 7.10. The number of carbonyl (C=O) groups is 2. The average Bonchev–Trinajstić information content (AvgIpc) is 3.34. The van der Waals surface area contributed by atoms with Gasteiger partial charge >= 0.3 is 0 Å². The largest absolute Gasteiger partial charge is 0.334 e. The van der Waals surface area contributed by atoms with E-state index in [0.29, 0.717) is 24.3 Å².